The summed E-state index contributed by atoms with van der Waals surface area (Å²) in [4.78, 5) is 25.4. The molecule has 0 aliphatic heterocycles. The van der Waals surface area contributed by atoms with Gasteiger partial charge in [0.1, 0.15) is 12.2 Å². The molecule has 2 unspecified atom stereocenters. The molecule has 0 amide bonds. The topological polar surface area (TPSA) is 71.1 Å². The Morgan fingerprint density at radius 3 is 0.964 bits per heavy atom. The molecule has 0 spiro atoms. The number of hydrogen-bond donors (Lipinski definition) is 0. The first-order chi connectivity index (χ1) is 12.2. The van der Waals surface area contributed by atoms with Crippen LogP contribution in [0.15, 0.2) is 0 Å². The van der Waals surface area contributed by atoms with Gasteiger partial charge in [-0.25, -0.2) is 0 Å². The van der Waals surface area contributed by atoms with Crippen LogP contribution in [0.1, 0.15) is 12.8 Å². The highest BCUT2D eigenvalue weighted by Gasteiger charge is 2.35. The Labute approximate surface area is 176 Å². The summed E-state index contributed by atoms with van der Waals surface area (Å²) in [7, 11) is -8.00. The van der Waals surface area contributed by atoms with Crippen LogP contribution in [0.2, 0.25) is 78.6 Å². The van der Waals surface area contributed by atoms with Gasteiger partial charge in [0.05, 0.1) is 0 Å². The number of hydrogen-bond acceptors (Lipinski definition) is 6. The van der Waals surface area contributed by atoms with E-state index in [9.17, 15) is 9.59 Å². The largest absolute Gasteiger partial charge is 0.518 e. The highest BCUT2D eigenvalue weighted by molar-refractivity contribution is 6.72. The molecule has 166 valence electrons. The minimum atomic E-state index is -2.03. The molecule has 10 heteroatoms. The van der Waals surface area contributed by atoms with Crippen LogP contribution in [0.4, 0.5) is 0 Å². The third-order valence-corrected chi connectivity index (χ3v) is 6.63. The van der Waals surface area contributed by atoms with Crippen LogP contribution in [0.5, 0.6) is 0 Å². The molecular weight excluding hydrogens is 425 g/mol. The van der Waals surface area contributed by atoms with Crippen LogP contribution in [0.3, 0.4) is 0 Å². The Morgan fingerprint density at radius 2 is 0.786 bits per heavy atom. The fourth-order valence-electron chi connectivity index (χ4n) is 2.34. The Balaban J connectivity index is 5.37. The summed E-state index contributed by atoms with van der Waals surface area (Å²) >= 11 is 0. The van der Waals surface area contributed by atoms with Gasteiger partial charge < -0.3 is 17.7 Å². The predicted molar refractivity (Wildman–Crippen MR) is 125 cm³/mol. The van der Waals surface area contributed by atoms with Crippen LogP contribution in [0.25, 0.3) is 0 Å². The lowest BCUT2D eigenvalue weighted by Gasteiger charge is -2.31. The van der Waals surface area contributed by atoms with Gasteiger partial charge in [-0.15, -0.1) is 0 Å². The molecule has 0 N–H and O–H groups in total. The highest BCUT2D eigenvalue weighted by atomic mass is 28.4. The summed E-state index contributed by atoms with van der Waals surface area (Å²) in [5, 5.41) is 0. The fourth-order valence-corrected chi connectivity index (χ4v) is 5.95. The molecule has 0 fully saturated rings. The molecule has 0 heterocycles. The van der Waals surface area contributed by atoms with E-state index >= 15 is 0 Å². The van der Waals surface area contributed by atoms with Crippen molar-refractivity contribution in [3.8, 4) is 0 Å². The molecule has 0 radical (unpaired) electrons. The predicted octanol–water partition coefficient (Wildman–Crippen LogP) is 4.96. The third-order valence-electron chi connectivity index (χ3n) is 3.02. The van der Waals surface area contributed by atoms with Crippen LogP contribution in [0, 0.1) is 0 Å². The van der Waals surface area contributed by atoms with E-state index in [1.54, 1.807) is 0 Å². The molecule has 0 aromatic carbocycles. The lowest BCUT2D eigenvalue weighted by atomic mass is 10.1. The zero-order valence-corrected chi connectivity index (χ0v) is 24.0. The minimum absolute atomic E-state index is 0.327. The lowest BCUT2D eigenvalue weighted by Crippen LogP contribution is -2.44. The van der Waals surface area contributed by atoms with E-state index in [1.807, 2.05) is 78.6 Å². The maximum Gasteiger partial charge on any atom is 0.320 e. The van der Waals surface area contributed by atoms with Crippen molar-refractivity contribution in [1.29, 1.82) is 0 Å². The summed E-state index contributed by atoms with van der Waals surface area (Å²) in [5.41, 5.74) is 0. The summed E-state index contributed by atoms with van der Waals surface area (Å²) in [6, 6.07) is 0. The van der Waals surface area contributed by atoms with Gasteiger partial charge in [0.25, 0.3) is 0 Å². The fraction of sp³-hybridized carbons (Fsp3) is 0.889. The second-order valence-electron chi connectivity index (χ2n) is 11.1. The summed E-state index contributed by atoms with van der Waals surface area (Å²) in [5.74, 6) is -0.654. The second kappa shape index (κ2) is 10.2. The van der Waals surface area contributed by atoms with Crippen molar-refractivity contribution in [1.82, 2.24) is 0 Å². The zero-order valence-electron chi connectivity index (χ0n) is 20.0. The summed E-state index contributed by atoms with van der Waals surface area (Å²) in [6.45, 7) is 24.1. The third kappa shape index (κ3) is 14.7. The maximum absolute atomic E-state index is 12.7. The number of carbonyl (C=O) groups excluding carboxylic acids is 2. The van der Waals surface area contributed by atoms with Gasteiger partial charge in [0.2, 0.25) is 16.6 Å². The molecule has 0 saturated carbocycles. The van der Waals surface area contributed by atoms with Crippen molar-refractivity contribution in [2.45, 2.75) is 104 Å². The Morgan fingerprint density at radius 1 is 0.536 bits per heavy atom. The Bertz CT molecular complexity index is 478. The zero-order chi connectivity index (χ0) is 22.6. The minimum Gasteiger partial charge on any atom is -0.518 e. The van der Waals surface area contributed by atoms with Gasteiger partial charge in [0.15, 0.2) is 16.6 Å². The molecule has 0 aromatic heterocycles. The van der Waals surface area contributed by atoms with Crippen molar-refractivity contribution in [3.05, 3.63) is 0 Å². The SMILES string of the molecule is C[Si](C)(C)OC(=O)C(CCC(O[Si](C)(C)C)C(=O)O[Si](C)(C)C)O[Si](C)(C)C. The molecule has 28 heavy (non-hydrogen) atoms. The van der Waals surface area contributed by atoms with Gasteiger partial charge in [-0.2, -0.15) is 0 Å². The van der Waals surface area contributed by atoms with Crippen molar-refractivity contribution in [3.63, 3.8) is 0 Å². The van der Waals surface area contributed by atoms with Crippen molar-refractivity contribution >= 4 is 45.2 Å². The monoisotopic (exact) mass is 466 g/mol. The van der Waals surface area contributed by atoms with E-state index in [0.717, 1.165) is 0 Å². The Kier molecular flexibility index (Phi) is 10.1. The molecular formula is C18H42O6Si4. The molecule has 0 rings (SSSR count). The number of rotatable bonds is 11. The first kappa shape index (κ1) is 27.7. The average molecular weight is 467 g/mol. The average Bonchev–Trinajstić information content (AvgIpc) is 2.35. The van der Waals surface area contributed by atoms with Gasteiger partial charge >= 0.3 is 11.9 Å². The lowest BCUT2D eigenvalue weighted by molar-refractivity contribution is -0.147. The van der Waals surface area contributed by atoms with Crippen LogP contribution < -0.4 is 0 Å². The highest BCUT2D eigenvalue weighted by Crippen LogP contribution is 2.21. The van der Waals surface area contributed by atoms with E-state index in [2.05, 4.69) is 0 Å². The smallest absolute Gasteiger partial charge is 0.320 e. The van der Waals surface area contributed by atoms with E-state index in [1.165, 1.54) is 0 Å². The molecule has 6 nitrogen and oxygen atoms in total. The van der Waals surface area contributed by atoms with Crippen LogP contribution in [-0.2, 0) is 27.3 Å². The normalized spacial score (nSPS) is 15.7. The van der Waals surface area contributed by atoms with Crippen molar-refractivity contribution in [2.24, 2.45) is 0 Å². The molecule has 0 aliphatic rings. The molecule has 0 aliphatic carbocycles. The van der Waals surface area contributed by atoms with Gasteiger partial charge in [-0.05, 0) is 91.4 Å². The second-order valence-corrected chi connectivity index (χ2v) is 28.9. The maximum atomic E-state index is 12.7. The summed E-state index contributed by atoms with van der Waals surface area (Å²) < 4.78 is 23.6. The van der Waals surface area contributed by atoms with Crippen LogP contribution >= 0.6 is 0 Å². The van der Waals surface area contributed by atoms with Gasteiger partial charge in [-0.3, -0.25) is 9.59 Å². The van der Waals surface area contributed by atoms with E-state index in [-0.39, 0.29) is 11.9 Å². The first-order valence-corrected chi connectivity index (χ1v) is 23.6. The van der Waals surface area contributed by atoms with Crippen molar-refractivity contribution in [2.75, 3.05) is 0 Å². The van der Waals surface area contributed by atoms with Crippen LogP contribution in [-0.4, -0.2) is 57.4 Å². The van der Waals surface area contributed by atoms with Gasteiger partial charge in [-0.1, -0.05) is 0 Å². The van der Waals surface area contributed by atoms with Crippen molar-refractivity contribution < 1.29 is 27.3 Å². The van der Waals surface area contributed by atoms with Gasteiger partial charge in [0, 0.05) is 0 Å². The van der Waals surface area contributed by atoms with E-state index in [0.29, 0.717) is 12.8 Å². The standard InChI is InChI=1S/C18H42O6Si4/c1-25(2,3)21-15(17(19)23-27(7,8)9)13-14-16(22-26(4,5)6)18(20)24-28(10,11)12/h15-16H,13-14H2,1-12H3. The van der Waals surface area contributed by atoms with E-state index < -0.39 is 45.5 Å². The number of carbonyl (C=O) groups is 2. The quantitative estimate of drug-likeness (QED) is 0.401. The molecule has 0 bridgehead atoms. The molecule has 2 atom stereocenters. The Hall–Kier alpha value is -0.272. The molecule has 0 saturated heterocycles. The summed E-state index contributed by atoms with van der Waals surface area (Å²) in [6.07, 6.45) is -0.593. The first-order valence-electron chi connectivity index (χ1n) is 10.00. The molecule has 0 aromatic rings. The van der Waals surface area contributed by atoms with E-state index in [4.69, 9.17) is 17.7 Å².